The van der Waals surface area contributed by atoms with Gasteiger partial charge in [-0.1, -0.05) is 12.1 Å². The fourth-order valence-corrected chi connectivity index (χ4v) is 2.41. The normalized spacial score (nSPS) is 10.2. The molecule has 0 aromatic heterocycles. The van der Waals surface area contributed by atoms with Crippen LogP contribution in [0.3, 0.4) is 0 Å². The molecule has 0 atom stereocenters. The van der Waals surface area contributed by atoms with E-state index < -0.39 is 0 Å². The van der Waals surface area contributed by atoms with Crippen molar-refractivity contribution < 1.29 is 9.53 Å². The minimum Gasteiger partial charge on any atom is -0.496 e. The van der Waals surface area contributed by atoms with Crippen LogP contribution in [-0.4, -0.2) is 13.0 Å². The van der Waals surface area contributed by atoms with E-state index in [9.17, 15) is 4.79 Å². The second-order valence-corrected chi connectivity index (χ2v) is 5.48. The Kier molecular flexibility index (Phi) is 4.45. The van der Waals surface area contributed by atoms with E-state index in [1.807, 2.05) is 32.0 Å². The maximum Gasteiger partial charge on any atom is 0.255 e. The number of benzene rings is 2. The zero-order chi connectivity index (χ0) is 14.7. The van der Waals surface area contributed by atoms with Gasteiger partial charge in [0.2, 0.25) is 0 Å². The summed E-state index contributed by atoms with van der Waals surface area (Å²) in [6, 6.07) is 11.2. The molecule has 2 aromatic carbocycles. The number of anilines is 1. The summed E-state index contributed by atoms with van der Waals surface area (Å²) in [4.78, 5) is 12.3. The number of carbonyl (C=O) groups excluding carboxylic acids is 1. The fourth-order valence-electron chi connectivity index (χ4n) is 1.87. The lowest BCUT2D eigenvalue weighted by molar-refractivity contribution is 0.102. The van der Waals surface area contributed by atoms with Crippen LogP contribution < -0.4 is 10.1 Å². The topological polar surface area (TPSA) is 38.3 Å². The predicted octanol–water partition coefficient (Wildman–Crippen LogP) is 4.33. The van der Waals surface area contributed by atoms with Gasteiger partial charge >= 0.3 is 0 Å². The van der Waals surface area contributed by atoms with Crippen LogP contribution in [-0.2, 0) is 0 Å². The zero-order valence-corrected chi connectivity index (χ0v) is 13.2. The molecule has 0 saturated carbocycles. The fraction of sp³-hybridized carbons (Fsp3) is 0.188. The molecule has 1 N–H and O–H groups in total. The molecule has 0 unspecified atom stereocenters. The molecule has 0 aliphatic carbocycles. The van der Waals surface area contributed by atoms with Crippen molar-refractivity contribution in [3.63, 3.8) is 0 Å². The lowest BCUT2D eigenvalue weighted by Crippen LogP contribution is -2.13. The maximum atomic E-state index is 12.3. The quantitative estimate of drug-likeness (QED) is 0.907. The lowest BCUT2D eigenvalue weighted by Gasteiger charge is -2.10. The van der Waals surface area contributed by atoms with E-state index >= 15 is 0 Å². The van der Waals surface area contributed by atoms with E-state index in [0.717, 1.165) is 21.3 Å². The van der Waals surface area contributed by atoms with Crippen LogP contribution >= 0.6 is 15.9 Å². The van der Waals surface area contributed by atoms with Crippen molar-refractivity contribution in [2.24, 2.45) is 0 Å². The molecule has 0 heterocycles. The Hall–Kier alpha value is -1.81. The number of hydrogen-bond donors (Lipinski definition) is 1. The van der Waals surface area contributed by atoms with Crippen LogP contribution in [0.4, 0.5) is 5.69 Å². The van der Waals surface area contributed by atoms with Gasteiger partial charge in [0.05, 0.1) is 11.6 Å². The van der Waals surface area contributed by atoms with Crippen LogP contribution in [0.25, 0.3) is 0 Å². The van der Waals surface area contributed by atoms with E-state index in [-0.39, 0.29) is 5.91 Å². The smallest absolute Gasteiger partial charge is 0.255 e. The van der Waals surface area contributed by atoms with E-state index in [0.29, 0.717) is 11.3 Å². The molecular weight excluding hydrogens is 318 g/mol. The third-order valence-electron chi connectivity index (χ3n) is 3.06. The Balaban J connectivity index is 2.24. The van der Waals surface area contributed by atoms with Crippen molar-refractivity contribution in [3.05, 3.63) is 57.6 Å². The predicted molar refractivity (Wildman–Crippen MR) is 84.6 cm³/mol. The highest BCUT2D eigenvalue weighted by atomic mass is 79.9. The van der Waals surface area contributed by atoms with Crippen molar-refractivity contribution >= 4 is 27.5 Å². The molecule has 4 heteroatoms. The van der Waals surface area contributed by atoms with Crippen LogP contribution in [0, 0.1) is 13.8 Å². The summed E-state index contributed by atoms with van der Waals surface area (Å²) in [7, 11) is 1.59. The summed E-state index contributed by atoms with van der Waals surface area (Å²) in [5.74, 6) is 0.565. The average molecular weight is 334 g/mol. The first kappa shape index (κ1) is 14.6. The second kappa shape index (κ2) is 6.09. The number of amides is 1. The highest BCUT2D eigenvalue weighted by Crippen LogP contribution is 2.26. The monoisotopic (exact) mass is 333 g/mol. The average Bonchev–Trinajstić information content (AvgIpc) is 2.42. The molecular formula is C16H16BrNO2. The second-order valence-electron chi connectivity index (χ2n) is 4.62. The molecule has 3 nitrogen and oxygen atoms in total. The number of ether oxygens (including phenoxy) is 1. The first-order chi connectivity index (χ1) is 9.51. The molecule has 1 amide bonds. The molecule has 2 aromatic rings. The highest BCUT2D eigenvalue weighted by molar-refractivity contribution is 9.10. The molecule has 0 saturated heterocycles. The third-order valence-corrected chi connectivity index (χ3v) is 3.67. The molecule has 104 valence electrons. The number of halogens is 1. The van der Waals surface area contributed by atoms with Gasteiger partial charge in [0.15, 0.2) is 0 Å². The van der Waals surface area contributed by atoms with Gasteiger partial charge in [-0.15, -0.1) is 0 Å². The van der Waals surface area contributed by atoms with Gasteiger partial charge in [0.25, 0.3) is 5.91 Å². The van der Waals surface area contributed by atoms with Gasteiger partial charge in [-0.05, 0) is 65.2 Å². The molecule has 0 fully saturated rings. The Morgan fingerprint density at radius 3 is 2.55 bits per heavy atom. The summed E-state index contributed by atoms with van der Waals surface area (Å²) in [6.45, 7) is 3.97. The van der Waals surface area contributed by atoms with Crippen molar-refractivity contribution in [2.75, 3.05) is 12.4 Å². The highest BCUT2D eigenvalue weighted by Gasteiger charge is 2.10. The number of carbonyl (C=O) groups is 1. The van der Waals surface area contributed by atoms with Crippen LogP contribution in [0.15, 0.2) is 40.9 Å². The van der Waals surface area contributed by atoms with Crippen LogP contribution in [0.5, 0.6) is 5.75 Å². The van der Waals surface area contributed by atoms with Gasteiger partial charge in [-0.25, -0.2) is 0 Å². The van der Waals surface area contributed by atoms with Gasteiger partial charge < -0.3 is 10.1 Å². The molecule has 0 aliphatic heterocycles. The van der Waals surface area contributed by atoms with Gasteiger partial charge in [-0.3, -0.25) is 4.79 Å². The number of aryl methyl sites for hydroxylation is 2. The Bertz CT molecular complexity index is 653. The maximum absolute atomic E-state index is 12.3. The largest absolute Gasteiger partial charge is 0.496 e. The van der Waals surface area contributed by atoms with Gasteiger partial charge in [0, 0.05) is 11.3 Å². The summed E-state index contributed by atoms with van der Waals surface area (Å²) in [5.41, 5.74) is 3.57. The van der Waals surface area contributed by atoms with Crippen molar-refractivity contribution in [1.29, 1.82) is 0 Å². The molecule has 20 heavy (non-hydrogen) atoms. The van der Waals surface area contributed by atoms with E-state index in [4.69, 9.17) is 4.74 Å². The van der Waals surface area contributed by atoms with Gasteiger partial charge in [-0.2, -0.15) is 0 Å². The van der Waals surface area contributed by atoms with E-state index in [2.05, 4.69) is 21.2 Å². The summed E-state index contributed by atoms with van der Waals surface area (Å²) < 4.78 is 5.91. The first-order valence-electron chi connectivity index (χ1n) is 6.23. The van der Waals surface area contributed by atoms with E-state index in [1.165, 1.54) is 0 Å². The lowest BCUT2D eigenvalue weighted by atomic mass is 10.1. The molecule has 0 aliphatic rings. The summed E-state index contributed by atoms with van der Waals surface area (Å²) in [5, 5.41) is 2.93. The van der Waals surface area contributed by atoms with Gasteiger partial charge in [0.1, 0.15) is 5.75 Å². The minimum atomic E-state index is -0.137. The zero-order valence-electron chi connectivity index (χ0n) is 11.7. The molecule has 0 spiro atoms. The number of methoxy groups -OCH3 is 1. The van der Waals surface area contributed by atoms with Crippen molar-refractivity contribution in [1.82, 2.24) is 0 Å². The van der Waals surface area contributed by atoms with Crippen LogP contribution in [0.1, 0.15) is 21.5 Å². The summed E-state index contributed by atoms with van der Waals surface area (Å²) >= 11 is 3.38. The molecule has 2 rings (SSSR count). The first-order valence-corrected chi connectivity index (χ1v) is 7.02. The standard InChI is InChI=1S/C16H16BrNO2/c1-10-4-5-11(2)14(8-10)18-16(19)12-6-7-15(20-3)13(17)9-12/h4-9H,1-3H3,(H,18,19). The minimum absolute atomic E-state index is 0.137. The Morgan fingerprint density at radius 2 is 1.90 bits per heavy atom. The van der Waals surface area contributed by atoms with Crippen LogP contribution in [0.2, 0.25) is 0 Å². The van der Waals surface area contributed by atoms with E-state index in [1.54, 1.807) is 25.3 Å². The molecule has 0 bridgehead atoms. The third kappa shape index (κ3) is 3.20. The number of hydrogen-bond acceptors (Lipinski definition) is 2. The molecule has 0 radical (unpaired) electrons. The SMILES string of the molecule is COc1ccc(C(=O)Nc2cc(C)ccc2C)cc1Br. The number of nitrogens with one attached hydrogen (secondary N) is 1. The summed E-state index contributed by atoms with van der Waals surface area (Å²) in [6.07, 6.45) is 0. The number of rotatable bonds is 3. The Labute approximate surface area is 127 Å². The Morgan fingerprint density at radius 1 is 1.15 bits per heavy atom. The van der Waals surface area contributed by atoms with Crippen molar-refractivity contribution in [2.45, 2.75) is 13.8 Å². The van der Waals surface area contributed by atoms with Crippen molar-refractivity contribution in [3.8, 4) is 5.75 Å².